The molecule has 4 nitrogen and oxygen atoms in total. The predicted octanol–water partition coefficient (Wildman–Crippen LogP) is 2.32. The molecule has 0 aliphatic carbocycles. The monoisotopic (exact) mass is 378 g/mol. The molecule has 0 atom stereocenters. The molecule has 0 unspecified atom stereocenters. The minimum Gasteiger partial charge on any atom is -0.481 e. The molecule has 0 aliphatic rings. The van der Waals surface area contributed by atoms with Crippen LogP contribution in [-0.4, -0.2) is 56.0 Å². The van der Waals surface area contributed by atoms with Crippen LogP contribution in [0.2, 0.25) is 0 Å². The van der Waals surface area contributed by atoms with Crippen molar-refractivity contribution in [2.45, 2.75) is 110 Å². The number of carboxylic acids is 1. The quantitative estimate of drug-likeness (QED) is 0.329. The van der Waals surface area contributed by atoms with Gasteiger partial charge in [0.2, 0.25) is 0 Å². The standard InChI is InChI=1S/C18H36O2.Mg.2H2O.H4Si.2H/c1-2-3-4-5-6-7-8-9-10-11-12-13-14-15-16-17-18(19)20;;;;;;/h2-17H2,1H3,(H,19,20);;2*1H2;1H4;;. The van der Waals surface area contributed by atoms with E-state index in [2.05, 4.69) is 6.92 Å². The maximum atomic E-state index is 10.3. The lowest BCUT2D eigenvalue weighted by molar-refractivity contribution is -0.137. The smallest absolute Gasteiger partial charge is 0.316 e. The van der Waals surface area contributed by atoms with Gasteiger partial charge in [-0.3, -0.25) is 4.79 Å². The Bertz CT molecular complexity index is 219. The summed E-state index contributed by atoms with van der Waals surface area (Å²) in [6.07, 6.45) is 20.2. The minimum atomic E-state index is -0.653. The van der Waals surface area contributed by atoms with Gasteiger partial charge in [-0.05, 0) is 17.4 Å². The molecule has 6 heteroatoms. The molecule has 0 spiro atoms. The van der Waals surface area contributed by atoms with Gasteiger partial charge < -0.3 is 16.1 Å². The zero-order valence-corrected chi connectivity index (χ0v) is 14.7. The van der Waals surface area contributed by atoms with Crippen LogP contribution < -0.4 is 0 Å². The molecule has 0 aliphatic heterocycles. The van der Waals surface area contributed by atoms with Gasteiger partial charge in [0, 0.05) is 6.42 Å². The summed E-state index contributed by atoms with van der Waals surface area (Å²) >= 11 is 0. The number of hydrogen-bond donors (Lipinski definition) is 1. The largest absolute Gasteiger partial charge is 0.481 e. The fourth-order valence-electron chi connectivity index (χ4n) is 2.65. The summed E-state index contributed by atoms with van der Waals surface area (Å²) in [6.45, 7) is 2.27. The molecule has 0 saturated heterocycles. The van der Waals surface area contributed by atoms with E-state index in [1.54, 1.807) is 0 Å². The van der Waals surface area contributed by atoms with Crippen LogP contribution in [0.1, 0.15) is 110 Å². The van der Waals surface area contributed by atoms with Crippen LogP contribution in [0, 0.1) is 0 Å². The van der Waals surface area contributed by atoms with Crippen LogP contribution in [0.25, 0.3) is 0 Å². The van der Waals surface area contributed by atoms with Crippen molar-refractivity contribution < 1.29 is 20.9 Å². The van der Waals surface area contributed by atoms with E-state index in [0.717, 1.165) is 12.8 Å². The molecule has 5 N–H and O–H groups in total. The summed E-state index contributed by atoms with van der Waals surface area (Å²) in [5.74, 6) is -0.653. The van der Waals surface area contributed by atoms with Gasteiger partial charge in [0.15, 0.2) is 0 Å². The molecule has 0 radical (unpaired) electrons. The lowest BCUT2D eigenvalue weighted by atomic mass is 10.0. The van der Waals surface area contributed by atoms with Crippen LogP contribution >= 0.6 is 0 Å². The molecule has 24 heavy (non-hydrogen) atoms. The van der Waals surface area contributed by atoms with Gasteiger partial charge in [-0.1, -0.05) is 96.8 Å². The average molecular weight is 379 g/mol. The van der Waals surface area contributed by atoms with Crippen molar-refractivity contribution in [1.82, 2.24) is 0 Å². The molecular weight excluding hydrogens is 333 g/mol. The second-order valence-corrected chi connectivity index (χ2v) is 6.09. The maximum Gasteiger partial charge on any atom is 0.316 e. The van der Waals surface area contributed by atoms with Crippen molar-refractivity contribution >= 4 is 40.0 Å². The zero-order chi connectivity index (χ0) is 14.9. The highest BCUT2D eigenvalue weighted by Gasteiger charge is 1.97. The van der Waals surface area contributed by atoms with E-state index >= 15 is 0 Å². The fourth-order valence-corrected chi connectivity index (χ4v) is 2.65. The second-order valence-electron chi connectivity index (χ2n) is 6.09. The summed E-state index contributed by atoms with van der Waals surface area (Å²) in [5.41, 5.74) is 0. The molecule has 0 bridgehead atoms. The Morgan fingerprint density at radius 3 is 1.12 bits per heavy atom. The molecule has 0 amide bonds. The van der Waals surface area contributed by atoms with Gasteiger partial charge in [0.05, 0.1) is 0 Å². The topological polar surface area (TPSA) is 100 Å². The van der Waals surface area contributed by atoms with Gasteiger partial charge in [-0.15, -0.1) is 0 Å². The second kappa shape index (κ2) is 31.2. The summed E-state index contributed by atoms with van der Waals surface area (Å²) in [5, 5.41) is 8.52. The van der Waals surface area contributed by atoms with Gasteiger partial charge in [0.1, 0.15) is 0 Å². The third-order valence-electron chi connectivity index (χ3n) is 3.99. The van der Waals surface area contributed by atoms with Crippen LogP contribution in [0.15, 0.2) is 0 Å². The Kier molecular flexibility index (Phi) is 46.1. The van der Waals surface area contributed by atoms with Crippen molar-refractivity contribution in [1.29, 1.82) is 0 Å². The molecular formula is C18H46MgO4Si. The molecule has 0 aromatic rings. The van der Waals surface area contributed by atoms with E-state index in [9.17, 15) is 4.79 Å². The molecule has 0 aromatic carbocycles. The zero-order valence-electron chi connectivity index (χ0n) is 14.7. The average Bonchev–Trinajstić information content (AvgIpc) is 2.43. The molecule has 148 valence electrons. The first kappa shape index (κ1) is 35.5. The lowest BCUT2D eigenvalue weighted by Crippen LogP contribution is -1.93. The van der Waals surface area contributed by atoms with Crippen molar-refractivity contribution in [3.8, 4) is 0 Å². The lowest BCUT2D eigenvalue weighted by Gasteiger charge is -2.03. The van der Waals surface area contributed by atoms with Crippen LogP contribution in [0.4, 0.5) is 0 Å². The third-order valence-corrected chi connectivity index (χ3v) is 3.99. The van der Waals surface area contributed by atoms with Crippen molar-refractivity contribution in [2.75, 3.05) is 0 Å². The van der Waals surface area contributed by atoms with E-state index in [0.29, 0.717) is 6.42 Å². The first-order valence-corrected chi connectivity index (χ1v) is 8.99. The molecule has 0 saturated carbocycles. The Morgan fingerprint density at radius 2 is 0.875 bits per heavy atom. The van der Waals surface area contributed by atoms with Gasteiger partial charge >= 0.3 is 29.0 Å². The van der Waals surface area contributed by atoms with E-state index in [1.165, 1.54) is 83.5 Å². The first-order chi connectivity index (χ1) is 9.77. The number of aliphatic carboxylic acids is 1. The maximum absolute atomic E-state index is 10.3. The summed E-state index contributed by atoms with van der Waals surface area (Å²) in [7, 11) is 0. The summed E-state index contributed by atoms with van der Waals surface area (Å²) in [4.78, 5) is 10.3. The normalized spacial score (nSPS) is 9.04. The van der Waals surface area contributed by atoms with Crippen molar-refractivity contribution in [2.24, 2.45) is 0 Å². The molecule has 0 fully saturated rings. The Morgan fingerprint density at radius 1 is 0.625 bits per heavy atom. The number of carboxylic acid groups (broad SMARTS) is 1. The first-order valence-electron chi connectivity index (χ1n) is 8.99. The minimum absolute atomic E-state index is 0. The summed E-state index contributed by atoms with van der Waals surface area (Å²) in [6, 6.07) is 0. The van der Waals surface area contributed by atoms with Crippen LogP contribution in [0.3, 0.4) is 0 Å². The van der Waals surface area contributed by atoms with Crippen molar-refractivity contribution in [3.05, 3.63) is 0 Å². The Labute approximate surface area is 170 Å². The van der Waals surface area contributed by atoms with E-state index in [-0.39, 0.29) is 45.0 Å². The van der Waals surface area contributed by atoms with Gasteiger partial charge in [0.25, 0.3) is 0 Å². The Balaban J connectivity index is -0.000000301. The SMILES string of the molecule is CCCCCCCCCCCCCCCCCC(=O)O.O.O.[MgH2].[SiH4]. The highest BCUT2D eigenvalue weighted by molar-refractivity contribution is 5.76. The van der Waals surface area contributed by atoms with E-state index in [1.807, 2.05) is 0 Å². The third kappa shape index (κ3) is 33.9. The van der Waals surface area contributed by atoms with Crippen molar-refractivity contribution in [3.63, 3.8) is 0 Å². The highest BCUT2D eigenvalue weighted by Crippen LogP contribution is 2.13. The highest BCUT2D eigenvalue weighted by atomic mass is 28.1. The van der Waals surface area contributed by atoms with Gasteiger partial charge in [-0.2, -0.15) is 0 Å². The van der Waals surface area contributed by atoms with Crippen LogP contribution in [-0.2, 0) is 4.79 Å². The van der Waals surface area contributed by atoms with Gasteiger partial charge in [-0.25, -0.2) is 0 Å². The number of unbranched alkanes of at least 4 members (excludes halogenated alkanes) is 14. The summed E-state index contributed by atoms with van der Waals surface area (Å²) < 4.78 is 0. The number of hydrogen-bond acceptors (Lipinski definition) is 1. The fraction of sp³-hybridized carbons (Fsp3) is 0.944. The number of rotatable bonds is 16. The molecule has 0 aromatic heterocycles. The molecule has 0 heterocycles. The predicted molar refractivity (Wildman–Crippen MR) is 114 cm³/mol. The Hall–Kier alpha value is 0.373. The van der Waals surface area contributed by atoms with E-state index in [4.69, 9.17) is 5.11 Å². The van der Waals surface area contributed by atoms with E-state index < -0.39 is 5.97 Å². The molecule has 0 rings (SSSR count). The van der Waals surface area contributed by atoms with Crippen LogP contribution in [0.5, 0.6) is 0 Å². The number of carbonyl (C=O) groups is 1.